The summed E-state index contributed by atoms with van der Waals surface area (Å²) in [7, 11) is 1.62. The van der Waals surface area contributed by atoms with E-state index in [2.05, 4.69) is 22.5 Å². The van der Waals surface area contributed by atoms with Crippen LogP contribution >= 0.6 is 11.6 Å². The van der Waals surface area contributed by atoms with Crippen LogP contribution in [0, 0.1) is 5.92 Å². The van der Waals surface area contributed by atoms with Crippen molar-refractivity contribution in [2.45, 2.75) is 33.2 Å². The first-order valence-corrected chi connectivity index (χ1v) is 7.57. The predicted molar refractivity (Wildman–Crippen MR) is 86.0 cm³/mol. The minimum atomic E-state index is -0.172. The Bertz CT molecular complexity index is 466. The third kappa shape index (κ3) is 5.89. The van der Waals surface area contributed by atoms with Gasteiger partial charge in [-0.1, -0.05) is 32.4 Å². The van der Waals surface area contributed by atoms with Crippen LogP contribution in [0.5, 0.6) is 0 Å². The minimum absolute atomic E-state index is 0.0403. The molecule has 0 aromatic carbocycles. The van der Waals surface area contributed by atoms with E-state index in [-0.39, 0.29) is 17.9 Å². The Kier molecular flexibility index (Phi) is 7.47. The number of carbonyl (C=O) groups excluding carboxylic acids is 1. The van der Waals surface area contributed by atoms with Crippen LogP contribution in [0.2, 0.25) is 5.15 Å². The largest absolute Gasteiger partial charge is 0.383 e. The molecule has 1 aromatic rings. The molecule has 0 saturated heterocycles. The monoisotopic (exact) mass is 313 g/mol. The molecule has 0 spiro atoms. The number of ether oxygens (including phenoxy) is 1. The first-order valence-electron chi connectivity index (χ1n) is 7.19. The van der Waals surface area contributed by atoms with Crippen molar-refractivity contribution >= 4 is 23.3 Å². The van der Waals surface area contributed by atoms with Gasteiger partial charge in [0.05, 0.1) is 12.6 Å². The summed E-state index contributed by atoms with van der Waals surface area (Å²) in [5, 5.41) is 6.40. The molecule has 5 nitrogen and oxygen atoms in total. The van der Waals surface area contributed by atoms with Crippen molar-refractivity contribution in [3.63, 3.8) is 0 Å². The molecule has 0 aliphatic heterocycles. The average molecular weight is 314 g/mol. The van der Waals surface area contributed by atoms with Gasteiger partial charge in [0.25, 0.3) is 5.91 Å². The molecular weight excluding hydrogens is 290 g/mol. The zero-order valence-electron chi connectivity index (χ0n) is 13.1. The summed E-state index contributed by atoms with van der Waals surface area (Å²) in [6, 6.07) is 3.24. The first kappa shape index (κ1) is 17.7. The highest BCUT2D eigenvalue weighted by molar-refractivity contribution is 6.29. The molecular formula is C15H24ClN3O2. The van der Waals surface area contributed by atoms with Crippen LogP contribution in [0.1, 0.15) is 37.6 Å². The molecule has 6 heteroatoms. The number of nitrogens with one attached hydrogen (secondary N) is 2. The van der Waals surface area contributed by atoms with Crippen molar-refractivity contribution < 1.29 is 9.53 Å². The van der Waals surface area contributed by atoms with Crippen molar-refractivity contribution in [1.29, 1.82) is 0 Å². The Morgan fingerprint density at radius 3 is 2.71 bits per heavy atom. The Labute approximate surface area is 131 Å². The van der Waals surface area contributed by atoms with Gasteiger partial charge in [0.1, 0.15) is 11.0 Å². The SMILES string of the molecule is CCCNc1cc(C(=O)NC(COC)C(C)C)cc(Cl)n1. The van der Waals surface area contributed by atoms with Crippen LogP contribution in [-0.2, 0) is 4.74 Å². The number of methoxy groups -OCH3 is 1. The number of amides is 1. The van der Waals surface area contributed by atoms with Crippen molar-refractivity contribution in [2.24, 2.45) is 5.92 Å². The summed E-state index contributed by atoms with van der Waals surface area (Å²) >= 11 is 5.98. The molecule has 1 aromatic heterocycles. The van der Waals surface area contributed by atoms with Gasteiger partial charge in [0.2, 0.25) is 0 Å². The topological polar surface area (TPSA) is 63.2 Å². The maximum atomic E-state index is 12.3. The lowest BCUT2D eigenvalue weighted by Gasteiger charge is -2.21. The number of hydrogen-bond acceptors (Lipinski definition) is 4. The Morgan fingerprint density at radius 1 is 1.43 bits per heavy atom. The van der Waals surface area contributed by atoms with Gasteiger partial charge in [0, 0.05) is 19.2 Å². The molecule has 0 aliphatic carbocycles. The van der Waals surface area contributed by atoms with Gasteiger partial charge in [-0.05, 0) is 24.5 Å². The van der Waals surface area contributed by atoms with Crippen molar-refractivity contribution in [2.75, 3.05) is 25.6 Å². The lowest BCUT2D eigenvalue weighted by Crippen LogP contribution is -2.41. The second-order valence-electron chi connectivity index (χ2n) is 5.27. The van der Waals surface area contributed by atoms with Crippen LogP contribution in [0.3, 0.4) is 0 Å². The van der Waals surface area contributed by atoms with Crippen molar-refractivity contribution in [3.8, 4) is 0 Å². The van der Waals surface area contributed by atoms with Crippen molar-refractivity contribution in [3.05, 3.63) is 22.8 Å². The molecule has 2 N–H and O–H groups in total. The van der Waals surface area contributed by atoms with E-state index in [4.69, 9.17) is 16.3 Å². The molecule has 1 unspecified atom stereocenters. The molecule has 0 bridgehead atoms. The van der Waals surface area contributed by atoms with Gasteiger partial charge in [0.15, 0.2) is 0 Å². The van der Waals surface area contributed by atoms with E-state index < -0.39 is 0 Å². The van der Waals surface area contributed by atoms with Gasteiger partial charge in [-0.2, -0.15) is 0 Å². The van der Waals surface area contributed by atoms with Gasteiger partial charge in [-0.25, -0.2) is 4.98 Å². The first-order chi connectivity index (χ1) is 9.97. The molecule has 0 saturated carbocycles. The summed E-state index contributed by atoms with van der Waals surface area (Å²) in [4.78, 5) is 16.5. The maximum absolute atomic E-state index is 12.3. The summed E-state index contributed by atoms with van der Waals surface area (Å²) in [5.41, 5.74) is 0.496. The Morgan fingerprint density at radius 2 is 2.14 bits per heavy atom. The molecule has 0 fully saturated rings. The second-order valence-corrected chi connectivity index (χ2v) is 5.66. The van der Waals surface area contributed by atoms with E-state index in [9.17, 15) is 4.79 Å². The smallest absolute Gasteiger partial charge is 0.251 e. The highest BCUT2D eigenvalue weighted by Gasteiger charge is 2.18. The fraction of sp³-hybridized carbons (Fsp3) is 0.600. The van der Waals surface area contributed by atoms with Crippen LogP contribution in [-0.4, -0.2) is 37.2 Å². The lowest BCUT2D eigenvalue weighted by molar-refractivity contribution is 0.0866. The molecule has 118 valence electrons. The number of halogens is 1. The summed E-state index contributed by atoms with van der Waals surface area (Å²) in [5.74, 6) is 0.723. The fourth-order valence-corrected chi connectivity index (χ4v) is 2.01. The number of pyridine rings is 1. The van der Waals surface area contributed by atoms with Crippen molar-refractivity contribution in [1.82, 2.24) is 10.3 Å². The van der Waals surface area contributed by atoms with Gasteiger partial charge < -0.3 is 15.4 Å². The normalized spacial score (nSPS) is 12.3. The number of anilines is 1. The third-order valence-corrected chi connectivity index (χ3v) is 3.27. The zero-order chi connectivity index (χ0) is 15.8. The molecule has 1 amide bonds. The molecule has 0 aliphatic rings. The summed E-state index contributed by atoms with van der Waals surface area (Å²) in [6.45, 7) is 7.40. The zero-order valence-corrected chi connectivity index (χ0v) is 13.8. The number of aromatic nitrogens is 1. The third-order valence-electron chi connectivity index (χ3n) is 3.08. The quantitative estimate of drug-likeness (QED) is 0.724. The maximum Gasteiger partial charge on any atom is 0.251 e. The lowest BCUT2D eigenvalue weighted by atomic mass is 10.0. The average Bonchev–Trinajstić information content (AvgIpc) is 2.43. The second kappa shape index (κ2) is 8.85. The van der Waals surface area contributed by atoms with Gasteiger partial charge in [-0.15, -0.1) is 0 Å². The van der Waals surface area contributed by atoms with Crippen LogP contribution in [0.4, 0.5) is 5.82 Å². The van der Waals surface area contributed by atoms with Gasteiger partial charge in [-0.3, -0.25) is 4.79 Å². The number of nitrogens with zero attached hydrogens (tertiary/aromatic N) is 1. The van der Waals surface area contributed by atoms with E-state index in [1.807, 2.05) is 13.8 Å². The van der Waals surface area contributed by atoms with E-state index in [0.29, 0.717) is 23.1 Å². The number of rotatable bonds is 8. The molecule has 0 radical (unpaired) electrons. The fourth-order valence-electron chi connectivity index (χ4n) is 1.80. The van der Waals surface area contributed by atoms with Gasteiger partial charge >= 0.3 is 0 Å². The minimum Gasteiger partial charge on any atom is -0.383 e. The molecule has 1 heterocycles. The van der Waals surface area contributed by atoms with E-state index in [1.165, 1.54) is 0 Å². The summed E-state index contributed by atoms with van der Waals surface area (Å²) in [6.07, 6.45) is 0.971. The standard InChI is InChI=1S/C15H24ClN3O2/c1-5-6-17-14-8-11(7-13(16)19-14)15(20)18-12(9-21-4)10(2)3/h7-8,10,12H,5-6,9H2,1-4H3,(H,17,19)(H,18,20). The predicted octanol–water partition coefficient (Wildman–Crippen LogP) is 2.96. The molecule has 1 atom stereocenters. The Balaban J connectivity index is 2.83. The highest BCUT2D eigenvalue weighted by atomic mass is 35.5. The highest BCUT2D eigenvalue weighted by Crippen LogP contribution is 2.15. The molecule has 1 rings (SSSR count). The number of hydrogen-bond donors (Lipinski definition) is 2. The van der Waals surface area contributed by atoms with E-state index in [0.717, 1.165) is 13.0 Å². The number of carbonyl (C=O) groups is 1. The van der Waals surface area contributed by atoms with Crippen LogP contribution in [0.25, 0.3) is 0 Å². The Hall–Kier alpha value is -1.33. The van der Waals surface area contributed by atoms with E-state index >= 15 is 0 Å². The molecule has 21 heavy (non-hydrogen) atoms. The van der Waals surface area contributed by atoms with E-state index in [1.54, 1.807) is 19.2 Å². The summed E-state index contributed by atoms with van der Waals surface area (Å²) < 4.78 is 5.14. The van der Waals surface area contributed by atoms with Crippen LogP contribution in [0.15, 0.2) is 12.1 Å². The van der Waals surface area contributed by atoms with Crippen LogP contribution < -0.4 is 10.6 Å².